The quantitative estimate of drug-likeness (QED) is 0.298. The van der Waals surface area contributed by atoms with Gasteiger partial charge in [0.2, 0.25) is 5.91 Å². The van der Waals surface area contributed by atoms with E-state index in [9.17, 15) is 14.0 Å². The van der Waals surface area contributed by atoms with Crippen LogP contribution >= 0.6 is 58.0 Å². The zero-order chi connectivity index (χ0) is 25.5. The first-order valence-electron chi connectivity index (χ1n) is 10.1. The smallest absolute Gasteiger partial charge is 0.257 e. The number of hydrogen-bond donors (Lipinski definition) is 2. The molecule has 0 aliphatic heterocycles. The predicted octanol–water partition coefficient (Wildman–Crippen LogP) is 7.57. The van der Waals surface area contributed by atoms with Crippen molar-refractivity contribution < 1.29 is 18.7 Å². The van der Waals surface area contributed by atoms with Crippen LogP contribution < -0.4 is 15.4 Å². The summed E-state index contributed by atoms with van der Waals surface area (Å²) in [7, 11) is 1.35. The highest BCUT2D eigenvalue weighted by Gasteiger charge is 2.67. The fraction of sp³-hybridized carbons (Fsp3) is 0.167. The molecule has 11 heteroatoms. The van der Waals surface area contributed by atoms with Gasteiger partial charge in [-0.15, -0.1) is 23.2 Å². The van der Waals surface area contributed by atoms with Crippen molar-refractivity contribution in [3.8, 4) is 5.75 Å². The predicted molar refractivity (Wildman–Crippen MR) is 138 cm³/mol. The van der Waals surface area contributed by atoms with Crippen LogP contribution in [0.3, 0.4) is 0 Å². The summed E-state index contributed by atoms with van der Waals surface area (Å²) in [6.07, 6.45) is 0. The number of methoxy groups -OCH3 is 1. The summed E-state index contributed by atoms with van der Waals surface area (Å²) in [5, 5.41) is 6.27. The highest BCUT2D eigenvalue weighted by Crippen LogP contribution is 2.65. The van der Waals surface area contributed by atoms with Crippen LogP contribution in [-0.4, -0.2) is 23.3 Å². The molecule has 3 aromatic carbocycles. The van der Waals surface area contributed by atoms with Crippen LogP contribution in [0.5, 0.6) is 5.75 Å². The van der Waals surface area contributed by atoms with E-state index in [0.29, 0.717) is 21.3 Å². The Kier molecular flexibility index (Phi) is 7.41. The molecule has 1 saturated carbocycles. The van der Waals surface area contributed by atoms with Gasteiger partial charge in [0.15, 0.2) is 0 Å². The lowest BCUT2D eigenvalue weighted by Crippen LogP contribution is -2.18. The number of halogens is 6. The van der Waals surface area contributed by atoms with Gasteiger partial charge in [-0.3, -0.25) is 9.59 Å². The minimum Gasteiger partial charge on any atom is -0.494 e. The lowest BCUT2D eigenvalue weighted by molar-refractivity contribution is -0.117. The molecular weight excluding hydrogens is 561 g/mol. The number of hydrogen-bond acceptors (Lipinski definition) is 3. The van der Waals surface area contributed by atoms with E-state index in [0.717, 1.165) is 6.07 Å². The van der Waals surface area contributed by atoms with Crippen LogP contribution in [0.2, 0.25) is 15.1 Å². The molecule has 0 aromatic heterocycles. The van der Waals surface area contributed by atoms with Gasteiger partial charge in [-0.1, -0.05) is 34.8 Å². The maximum absolute atomic E-state index is 13.4. The van der Waals surface area contributed by atoms with Crippen molar-refractivity contribution in [2.75, 3.05) is 17.7 Å². The molecule has 2 amide bonds. The Labute approximate surface area is 225 Å². The summed E-state index contributed by atoms with van der Waals surface area (Å²) in [4.78, 5) is 25.8. The average molecular weight is 577 g/mol. The van der Waals surface area contributed by atoms with Crippen molar-refractivity contribution in [2.45, 2.75) is 10.3 Å². The van der Waals surface area contributed by atoms with E-state index in [1.54, 1.807) is 18.2 Å². The molecular formula is C24H16Cl5FN2O3. The highest BCUT2D eigenvalue weighted by atomic mass is 35.5. The number of nitrogens with one attached hydrogen (secondary N) is 2. The van der Waals surface area contributed by atoms with Gasteiger partial charge in [0.05, 0.1) is 29.3 Å². The molecule has 2 unspecified atom stereocenters. The zero-order valence-electron chi connectivity index (χ0n) is 17.8. The minimum absolute atomic E-state index is 0.0767. The molecule has 1 aliphatic carbocycles. The van der Waals surface area contributed by atoms with Gasteiger partial charge < -0.3 is 15.4 Å². The van der Waals surface area contributed by atoms with Crippen LogP contribution in [0, 0.1) is 11.7 Å². The largest absolute Gasteiger partial charge is 0.494 e. The second-order valence-corrected chi connectivity index (χ2v) is 10.5. The minimum atomic E-state index is -1.36. The molecule has 4 rings (SSSR count). The summed E-state index contributed by atoms with van der Waals surface area (Å²) in [5.74, 6) is -2.72. The number of benzene rings is 3. The Morgan fingerprint density at radius 1 is 0.943 bits per heavy atom. The molecule has 0 spiro atoms. The third kappa shape index (κ3) is 5.47. The maximum atomic E-state index is 13.4. The van der Waals surface area contributed by atoms with E-state index < -0.39 is 33.8 Å². The first kappa shape index (κ1) is 25.9. The van der Waals surface area contributed by atoms with Crippen molar-refractivity contribution in [2.24, 2.45) is 5.92 Å². The van der Waals surface area contributed by atoms with Gasteiger partial charge in [0.25, 0.3) is 5.91 Å². The topological polar surface area (TPSA) is 67.4 Å². The SMILES string of the molecule is COc1cc(F)ccc1NC(=O)c1cc(NC(=O)C2C(c3cc(Cl)cc(Cl)c3)C2(Cl)Cl)ccc1Cl. The molecule has 1 fully saturated rings. The second kappa shape index (κ2) is 10.0. The average Bonchev–Trinajstić information content (AvgIpc) is 3.37. The van der Waals surface area contributed by atoms with Gasteiger partial charge >= 0.3 is 0 Å². The molecule has 182 valence electrons. The first-order chi connectivity index (χ1) is 16.5. The van der Waals surface area contributed by atoms with Crippen molar-refractivity contribution in [3.05, 3.63) is 86.6 Å². The van der Waals surface area contributed by atoms with Crippen molar-refractivity contribution in [1.82, 2.24) is 0 Å². The molecule has 0 saturated heterocycles. The van der Waals surface area contributed by atoms with Gasteiger partial charge in [0.1, 0.15) is 15.9 Å². The number of alkyl halides is 2. The van der Waals surface area contributed by atoms with Crippen LogP contribution in [0.15, 0.2) is 54.6 Å². The van der Waals surface area contributed by atoms with E-state index >= 15 is 0 Å². The summed E-state index contributed by atoms with van der Waals surface area (Å²) in [5.41, 5.74) is 1.26. The summed E-state index contributed by atoms with van der Waals surface area (Å²) >= 11 is 31.2. The highest BCUT2D eigenvalue weighted by molar-refractivity contribution is 6.53. The molecule has 0 heterocycles. The molecule has 5 nitrogen and oxygen atoms in total. The zero-order valence-corrected chi connectivity index (χ0v) is 21.6. The second-order valence-electron chi connectivity index (χ2n) is 7.82. The lowest BCUT2D eigenvalue weighted by Gasteiger charge is -2.12. The van der Waals surface area contributed by atoms with Crippen LogP contribution in [0.25, 0.3) is 0 Å². The number of amides is 2. The third-order valence-corrected chi connectivity index (χ3v) is 7.18. The molecule has 0 radical (unpaired) electrons. The molecule has 2 atom stereocenters. The van der Waals surface area contributed by atoms with Crippen LogP contribution in [-0.2, 0) is 4.79 Å². The summed E-state index contributed by atoms with van der Waals surface area (Å²) in [6.45, 7) is 0. The monoisotopic (exact) mass is 574 g/mol. The van der Waals surface area contributed by atoms with Crippen LogP contribution in [0.4, 0.5) is 15.8 Å². The van der Waals surface area contributed by atoms with Gasteiger partial charge in [0, 0.05) is 27.7 Å². The Hall–Kier alpha value is -2.22. The summed E-state index contributed by atoms with van der Waals surface area (Å²) in [6, 6.07) is 13.0. The number of ether oxygens (including phenoxy) is 1. The number of carbonyl (C=O) groups excluding carboxylic acids is 2. The molecule has 0 bridgehead atoms. The van der Waals surface area contributed by atoms with Crippen molar-refractivity contribution >= 4 is 81.2 Å². The number of rotatable bonds is 6. The van der Waals surface area contributed by atoms with E-state index in [1.165, 1.54) is 37.4 Å². The lowest BCUT2D eigenvalue weighted by atomic mass is 10.1. The number of carbonyl (C=O) groups is 2. The van der Waals surface area contributed by atoms with E-state index in [2.05, 4.69) is 10.6 Å². The van der Waals surface area contributed by atoms with E-state index in [4.69, 9.17) is 62.7 Å². The van der Waals surface area contributed by atoms with Crippen LogP contribution in [0.1, 0.15) is 21.8 Å². The molecule has 2 N–H and O–H groups in total. The summed E-state index contributed by atoms with van der Waals surface area (Å²) < 4.78 is 17.2. The Morgan fingerprint density at radius 3 is 2.29 bits per heavy atom. The molecule has 1 aliphatic rings. The van der Waals surface area contributed by atoms with Gasteiger partial charge in [-0.05, 0) is 54.1 Å². The maximum Gasteiger partial charge on any atom is 0.257 e. The van der Waals surface area contributed by atoms with E-state index in [1.807, 2.05) is 0 Å². The van der Waals surface area contributed by atoms with Gasteiger partial charge in [-0.25, -0.2) is 4.39 Å². The fourth-order valence-electron chi connectivity index (χ4n) is 3.78. The van der Waals surface area contributed by atoms with Crippen molar-refractivity contribution in [3.63, 3.8) is 0 Å². The standard InChI is InChI=1S/C24H16Cl5FN2O3/c1-35-19-9-14(30)2-5-18(19)32-22(33)16-10-15(3-4-17(16)27)31-23(34)21-20(24(21,28)29)11-6-12(25)8-13(26)7-11/h2-10,20-21H,1H3,(H,31,34)(H,32,33). The third-order valence-electron chi connectivity index (χ3n) is 5.47. The molecule has 3 aromatic rings. The molecule has 35 heavy (non-hydrogen) atoms. The van der Waals surface area contributed by atoms with E-state index in [-0.39, 0.29) is 22.0 Å². The Morgan fingerprint density at radius 2 is 1.63 bits per heavy atom. The fourth-order valence-corrected chi connectivity index (χ4v) is 5.35. The number of anilines is 2. The van der Waals surface area contributed by atoms with Crippen molar-refractivity contribution in [1.29, 1.82) is 0 Å². The first-order valence-corrected chi connectivity index (χ1v) is 12.0. The Balaban J connectivity index is 1.52. The normalized spacial score (nSPS) is 18.0. The Bertz CT molecular complexity index is 1310. The van der Waals surface area contributed by atoms with Gasteiger partial charge in [-0.2, -0.15) is 0 Å².